The average molecular weight is 294 g/mol. The Balaban J connectivity index is 2.87. The summed E-state index contributed by atoms with van der Waals surface area (Å²) in [6, 6.07) is 3.65. The van der Waals surface area contributed by atoms with Crippen LogP contribution in [-0.2, 0) is 16.4 Å². The van der Waals surface area contributed by atoms with Gasteiger partial charge in [0.1, 0.15) is 5.82 Å². The maximum Gasteiger partial charge on any atom is 0.238 e. The summed E-state index contributed by atoms with van der Waals surface area (Å²) in [6.45, 7) is 4.08. The van der Waals surface area contributed by atoms with Crippen LogP contribution in [0.5, 0.6) is 0 Å². The third-order valence-electron chi connectivity index (χ3n) is 2.52. The number of sulfonamides is 1. The average Bonchev–Trinajstić information content (AvgIpc) is 2.18. The molecule has 0 bridgehead atoms. The predicted molar refractivity (Wildman–Crippen MR) is 70.6 cm³/mol. The van der Waals surface area contributed by atoms with Crippen LogP contribution in [0.3, 0.4) is 0 Å². The van der Waals surface area contributed by atoms with Crippen LogP contribution in [0.15, 0.2) is 23.1 Å². The van der Waals surface area contributed by atoms with Crippen LogP contribution < -0.4 is 5.14 Å². The summed E-state index contributed by atoms with van der Waals surface area (Å²) in [6.07, 6.45) is 1.15. The molecule has 0 amide bonds. The Morgan fingerprint density at radius 3 is 2.44 bits per heavy atom. The minimum atomic E-state index is -3.86. The standard InChI is InChI=1S/C12H17ClFNO2S/c1-8(2)5-10(13)6-9-3-4-11(7-12(9)14)18(15,16)17/h3-4,7-8,10H,5-6H2,1-2H3,(H2,15,16,17). The van der Waals surface area contributed by atoms with Crippen molar-refractivity contribution in [3.63, 3.8) is 0 Å². The van der Waals surface area contributed by atoms with Crippen molar-refractivity contribution in [1.82, 2.24) is 0 Å². The van der Waals surface area contributed by atoms with E-state index in [1.54, 1.807) is 0 Å². The molecule has 0 heterocycles. The van der Waals surface area contributed by atoms with Crippen LogP contribution in [0.25, 0.3) is 0 Å². The summed E-state index contributed by atoms with van der Waals surface area (Å²) in [5.74, 6) is -0.157. The van der Waals surface area contributed by atoms with Gasteiger partial charge in [0, 0.05) is 5.38 Å². The molecule has 0 aliphatic heterocycles. The first-order valence-corrected chi connectivity index (χ1v) is 7.63. The first-order chi connectivity index (χ1) is 8.20. The predicted octanol–water partition coefficient (Wildman–Crippen LogP) is 2.67. The minimum absolute atomic E-state index is 0.167. The first-order valence-electron chi connectivity index (χ1n) is 5.65. The fourth-order valence-corrected chi connectivity index (χ4v) is 2.75. The second-order valence-electron chi connectivity index (χ2n) is 4.73. The number of alkyl halides is 1. The fraction of sp³-hybridized carbons (Fsp3) is 0.500. The van der Waals surface area contributed by atoms with Crippen molar-refractivity contribution in [3.05, 3.63) is 29.6 Å². The van der Waals surface area contributed by atoms with Crippen molar-refractivity contribution in [2.75, 3.05) is 0 Å². The molecule has 0 aromatic heterocycles. The van der Waals surface area contributed by atoms with E-state index in [1.165, 1.54) is 12.1 Å². The van der Waals surface area contributed by atoms with E-state index in [4.69, 9.17) is 16.7 Å². The van der Waals surface area contributed by atoms with Crippen LogP contribution in [0, 0.1) is 11.7 Å². The molecule has 0 saturated heterocycles. The lowest BCUT2D eigenvalue weighted by Gasteiger charge is -2.12. The summed E-state index contributed by atoms with van der Waals surface area (Å²) in [5.41, 5.74) is 0.406. The van der Waals surface area contributed by atoms with Gasteiger partial charge in [0.15, 0.2) is 0 Å². The van der Waals surface area contributed by atoms with Gasteiger partial charge in [0.25, 0.3) is 0 Å². The highest BCUT2D eigenvalue weighted by molar-refractivity contribution is 7.89. The molecule has 0 aliphatic rings. The summed E-state index contributed by atoms with van der Waals surface area (Å²) >= 11 is 6.10. The van der Waals surface area contributed by atoms with Crippen LogP contribution >= 0.6 is 11.6 Å². The maximum absolute atomic E-state index is 13.7. The molecule has 0 fully saturated rings. The molecule has 102 valence electrons. The molecular weight excluding hydrogens is 277 g/mol. The zero-order chi connectivity index (χ0) is 13.9. The number of hydrogen-bond donors (Lipinski definition) is 1. The number of primary sulfonamides is 1. The molecule has 6 heteroatoms. The molecule has 1 unspecified atom stereocenters. The summed E-state index contributed by atoms with van der Waals surface area (Å²) < 4.78 is 35.8. The number of rotatable bonds is 5. The van der Waals surface area contributed by atoms with E-state index < -0.39 is 15.8 Å². The molecule has 0 spiro atoms. The fourth-order valence-electron chi connectivity index (χ4n) is 1.70. The van der Waals surface area contributed by atoms with E-state index in [-0.39, 0.29) is 10.3 Å². The lowest BCUT2D eigenvalue weighted by molar-refractivity contribution is 0.546. The molecule has 0 saturated carbocycles. The van der Waals surface area contributed by atoms with Gasteiger partial charge in [-0.3, -0.25) is 0 Å². The van der Waals surface area contributed by atoms with E-state index in [0.29, 0.717) is 17.9 Å². The van der Waals surface area contributed by atoms with Gasteiger partial charge in [-0.15, -0.1) is 11.6 Å². The normalized spacial score (nSPS) is 13.9. The Bertz CT molecular complexity index is 517. The molecule has 1 atom stereocenters. The van der Waals surface area contributed by atoms with Gasteiger partial charge in [-0.25, -0.2) is 17.9 Å². The number of halogens is 2. The van der Waals surface area contributed by atoms with Gasteiger partial charge >= 0.3 is 0 Å². The highest BCUT2D eigenvalue weighted by atomic mass is 35.5. The van der Waals surface area contributed by atoms with E-state index in [1.807, 2.05) is 13.8 Å². The van der Waals surface area contributed by atoms with Crippen LogP contribution in [-0.4, -0.2) is 13.8 Å². The van der Waals surface area contributed by atoms with E-state index in [2.05, 4.69) is 0 Å². The van der Waals surface area contributed by atoms with Crippen LogP contribution in [0.1, 0.15) is 25.8 Å². The van der Waals surface area contributed by atoms with Crippen LogP contribution in [0.4, 0.5) is 4.39 Å². The second-order valence-corrected chi connectivity index (χ2v) is 6.91. The monoisotopic (exact) mass is 293 g/mol. The van der Waals surface area contributed by atoms with Crippen molar-refractivity contribution in [1.29, 1.82) is 0 Å². The van der Waals surface area contributed by atoms with E-state index in [0.717, 1.165) is 12.5 Å². The number of benzene rings is 1. The molecule has 2 N–H and O–H groups in total. The van der Waals surface area contributed by atoms with Gasteiger partial charge in [-0.05, 0) is 36.5 Å². The van der Waals surface area contributed by atoms with Crippen molar-refractivity contribution in [2.45, 2.75) is 37.0 Å². The van der Waals surface area contributed by atoms with E-state index in [9.17, 15) is 12.8 Å². The Hall–Kier alpha value is -0.650. The molecule has 1 rings (SSSR count). The zero-order valence-electron chi connectivity index (χ0n) is 10.4. The molecule has 0 radical (unpaired) electrons. The quantitative estimate of drug-likeness (QED) is 0.849. The third kappa shape index (κ3) is 4.55. The summed E-state index contributed by atoms with van der Waals surface area (Å²) in [4.78, 5) is -0.223. The largest absolute Gasteiger partial charge is 0.238 e. The zero-order valence-corrected chi connectivity index (χ0v) is 11.9. The van der Waals surface area contributed by atoms with Crippen molar-refractivity contribution in [2.24, 2.45) is 11.1 Å². The SMILES string of the molecule is CC(C)CC(Cl)Cc1ccc(S(N)(=O)=O)cc1F. The van der Waals surface area contributed by atoms with Crippen molar-refractivity contribution < 1.29 is 12.8 Å². The summed E-state index contributed by atoms with van der Waals surface area (Å²) in [7, 11) is -3.86. The van der Waals surface area contributed by atoms with Gasteiger partial charge in [0.05, 0.1) is 4.90 Å². The number of nitrogens with two attached hydrogens (primary N) is 1. The molecule has 3 nitrogen and oxygen atoms in total. The highest BCUT2D eigenvalue weighted by Crippen LogP contribution is 2.20. The third-order valence-corrected chi connectivity index (χ3v) is 3.77. The Labute approximate surface area is 112 Å². The molecule has 1 aromatic rings. The van der Waals surface area contributed by atoms with Gasteiger partial charge in [0.2, 0.25) is 10.0 Å². The maximum atomic E-state index is 13.7. The Morgan fingerprint density at radius 1 is 1.39 bits per heavy atom. The van der Waals surface area contributed by atoms with Gasteiger partial charge in [-0.2, -0.15) is 0 Å². The Kier molecular flexibility index (Phi) is 5.13. The van der Waals surface area contributed by atoms with Gasteiger partial charge in [-0.1, -0.05) is 19.9 Å². The van der Waals surface area contributed by atoms with Gasteiger partial charge < -0.3 is 0 Å². The lowest BCUT2D eigenvalue weighted by atomic mass is 10.0. The molecule has 0 aliphatic carbocycles. The first kappa shape index (κ1) is 15.4. The lowest BCUT2D eigenvalue weighted by Crippen LogP contribution is -2.13. The van der Waals surface area contributed by atoms with Crippen molar-refractivity contribution in [3.8, 4) is 0 Å². The molecular formula is C12H17ClFNO2S. The minimum Gasteiger partial charge on any atom is -0.225 e. The van der Waals surface area contributed by atoms with E-state index >= 15 is 0 Å². The number of hydrogen-bond acceptors (Lipinski definition) is 2. The van der Waals surface area contributed by atoms with Crippen LogP contribution in [0.2, 0.25) is 0 Å². The van der Waals surface area contributed by atoms with Crippen molar-refractivity contribution >= 4 is 21.6 Å². The highest BCUT2D eigenvalue weighted by Gasteiger charge is 2.15. The topological polar surface area (TPSA) is 60.2 Å². The molecule has 18 heavy (non-hydrogen) atoms. The second kappa shape index (κ2) is 5.99. The summed E-state index contributed by atoms with van der Waals surface area (Å²) in [5, 5.41) is 4.76. The molecule has 1 aromatic carbocycles. The smallest absolute Gasteiger partial charge is 0.225 e. The Morgan fingerprint density at radius 2 is 2.00 bits per heavy atom.